The van der Waals surface area contributed by atoms with Gasteiger partial charge in [-0.15, -0.1) is 0 Å². The molecule has 0 spiro atoms. The molecule has 3 heteroatoms. The zero-order chi connectivity index (χ0) is 6.97. The third kappa shape index (κ3) is 1.14. The van der Waals surface area contributed by atoms with E-state index >= 15 is 0 Å². The zero-order valence-electron chi connectivity index (χ0n) is 5.97. The van der Waals surface area contributed by atoms with Crippen LogP contribution in [0.15, 0.2) is 0 Å². The van der Waals surface area contributed by atoms with Gasteiger partial charge in [0.25, 0.3) is 0 Å². The topological polar surface area (TPSA) is 32.3 Å². The second-order valence-corrected chi connectivity index (χ2v) is 3.11. The van der Waals surface area contributed by atoms with Crippen molar-refractivity contribution in [2.24, 2.45) is 5.92 Å². The summed E-state index contributed by atoms with van der Waals surface area (Å²) in [5.41, 5.74) is 3.06. The average molecular weight is 140 g/mol. The quantitative estimate of drug-likeness (QED) is 0.591. The van der Waals surface area contributed by atoms with Gasteiger partial charge in [-0.25, -0.2) is 5.43 Å². The number of nitrogens with zero attached hydrogens (tertiary/aromatic N) is 1. The summed E-state index contributed by atoms with van der Waals surface area (Å²) in [5, 5.41) is 1.78. The maximum atomic E-state index is 11.0. The first-order valence-electron chi connectivity index (χ1n) is 3.90. The van der Waals surface area contributed by atoms with Gasteiger partial charge < -0.3 is 0 Å². The predicted octanol–water partition coefficient (Wildman–Crippen LogP) is 0.133. The third-order valence-corrected chi connectivity index (χ3v) is 2.08. The molecule has 2 fully saturated rings. The lowest BCUT2D eigenvalue weighted by molar-refractivity contribution is -0.129. The van der Waals surface area contributed by atoms with Gasteiger partial charge >= 0.3 is 0 Å². The van der Waals surface area contributed by atoms with Crippen molar-refractivity contribution in [3.8, 4) is 0 Å². The number of amides is 1. The van der Waals surface area contributed by atoms with Crippen molar-refractivity contribution in [3.63, 3.8) is 0 Å². The average Bonchev–Trinajstić information content (AvgIpc) is 2.62. The molecule has 2 rings (SSSR count). The Bertz CT molecular complexity index is 154. The second kappa shape index (κ2) is 2.23. The summed E-state index contributed by atoms with van der Waals surface area (Å²) in [7, 11) is 0. The molecule has 0 radical (unpaired) electrons. The van der Waals surface area contributed by atoms with E-state index in [1.807, 2.05) is 0 Å². The number of hydrogen-bond donors (Lipinski definition) is 1. The molecule has 1 saturated carbocycles. The van der Waals surface area contributed by atoms with Crippen LogP contribution in [-0.4, -0.2) is 24.0 Å². The Morgan fingerprint density at radius 3 is 2.90 bits per heavy atom. The minimum atomic E-state index is 0.270. The Hall–Kier alpha value is -0.570. The van der Waals surface area contributed by atoms with Crippen LogP contribution in [0, 0.1) is 5.92 Å². The lowest BCUT2D eigenvalue weighted by atomic mass is 10.4. The molecular formula is C7H12N2O. The summed E-state index contributed by atoms with van der Waals surface area (Å²) >= 11 is 0. The summed E-state index contributed by atoms with van der Waals surface area (Å²) in [4.78, 5) is 11.0. The largest absolute Gasteiger partial charge is 0.278 e. The molecule has 0 atom stereocenters. The Morgan fingerprint density at radius 2 is 2.40 bits per heavy atom. The summed E-state index contributed by atoms with van der Waals surface area (Å²) in [5.74, 6) is 1.07. The van der Waals surface area contributed by atoms with Crippen molar-refractivity contribution in [2.75, 3.05) is 13.1 Å². The van der Waals surface area contributed by atoms with E-state index in [-0.39, 0.29) is 5.91 Å². The molecule has 10 heavy (non-hydrogen) atoms. The van der Waals surface area contributed by atoms with Crippen LogP contribution in [0.2, 0.25) is 0 Å². The molecule has 0 aromatic carbocycles. The number of hydrazine groups is 1. The fraction of sp³-hybridized carbons (Fsp3) is 0.857. The molecule has 3 nitrogen and oxygen atoms in total. The summed E-state index contributed by atoms with van der Waals surface area (Å²) in [6.45, 7) is 1.78. The fourth-order valence-electron chi connectivity index (χ4n) is 1.25. The number of hydrogen-bond acceptors (Lipinski definition) is 2. The molecular weight excluding hydrogens is 128 g/mol. The van der Waals surface area contributed by atoms with E-state index in [0.717, 1.165) is 19.0 Å². The molecule has 1 aliphatic heterocycles. The van der Waals surface area contributed by atoms with Crippen LogP contribution in [0.1, 0.15) is 19.3 Å². The minimum Gasteiger partial charge on any atom is -0.278 e. The van der Waals surface area contributed by atoms with Crippen molar-refractivity contribution in [1.29, 1.82) is 0 Å². The van der Waals surface area contributed by atoms with Crippen molar-refractivity contribution < 1.29 is 4.79 Å². The molecule has 1 saturated heterocycles. The van der Waals surface area contributed by atoms with Crippen LogP contribution >= 0.6 is 0 Å². The van der Waals surface area contributed by atoms with Crippen LogP contribution in [0.3, 0.4) is 0 Å². The highest BCUT2D eigenvalue weighted by atomic mass is 16.2. The van der Waals surface area contributed by atoms with E-state index in [0.29, 0.717) is 6.42 Å². The monoisotopic (exact) mass is 140 g/mol. The van der Waals surface area contributed by atoms with Gasteiger partial charge in [-0.3, -0.25) is 9.80 Å². The Balaban J connectivity index is 1.84. The van der Waals surface area contributed by atoms with Crippen LogP contribution in [0.25, 0.3) is 0 Å². The SMILES string of the molecule is O=C1CCNN1CC1CC1. The summed E-state index contributed by atoms with van der Waals surface area (Å²) < 4.78 is 0. The van der Waals surface area contributed by atoms with E-state index < -0.39 is 0 Å². The van der Waals surface area contributed by atoms with Gasteiger partial charge in [0.2, 0.25) is 5.91 Å². The van der Waals surface area contributed by atoms with Gasteiger partial charge in [-0.05, 0) is 18.8 Å². The summed E-state index contributed by atoms with van der Waals surface area (Å²) in [6, 6.07) is 0. The number of rotatable bonds is 2. The molecule has 1 aliphatic carbocycles. The van der Waals surface area contributed by atoms with Crippen LogP contribution in [0.4, 0.5) is 0 Å². The molecule has 0 aromatic rings. The molecule has 0 bridgehead atoms. The van der Waals surface area contributed by atoms with Gasteiger partial charge in [-0.2, -0.15) is 0 Å². The van der Waals surface area contributed by atoms with E-state index in [2.05, 4.69) is 5.43 Å². The number of carbonyl (C=O) groups is 1. The zero-order valence-corrected chi connectivity index (χ0v) is 5.97. The lowest BCUT2D eigenvalue weighted by Crippen LogP contribution is -2.35. The Kier molecular flexibility index (Phi) is 1.38. The normalized spacial score (nSPS) is 26.0. The van der Waals surface area contributed by atoms with Crippen molar-refractivity contribution >= 4 is 5.91 Å². The first-order chi connectivity index (χ1) is 4.86. The molecule has 56 valence electrons. The molecule has 1 N–H and O–H groups in total. The Labute approximate surface area is 60.4 Å². The first-order valence-corrected chi connectivity index (χ1v) is 3.90. The predicted molar refractivity (Wildman–Crippen MR) is 37.1 cm³/mol. The van der Waals surface area contributed by atoms with Gasteiger partial charge in [0.1, 0.15) is 0 Å². The number of carbonyl (C=O) groups excluding carboxylic acids is 1. The third-order valence-electron chi connectivity index (χ3n) is 2.08. The second-order valence-electron chi connectivity index (χ2n) is 3.11. The molecule has 1 heterocycles. The van der Waals surface area contributed by atoms with Crippen LogP contribution in [-0.2, 0) is 4.79 Å². The molecule has 0 aromatic heterocycles. The van der Waals surface area contributed by atoms with Gasteiger partial charge in [0.15, 0.2) is 0 Å². The van der Waals surface area contributed by atoms with E-state index in [4.69, 9.17) is 0 Å². The maximum absolute atomic E-state index is 11.0. The smallest absolute Gasteiger partial charge is 0.238 e. The van der Waals surface area contributed by atoms with Crippen LogP contribution in [0.5, 0.6) is 0 Å². The highest BCUT2D eigenvalue weighted by Crippen LogP contribution is 2.29. The highest BCUT2D eigenvalue weighted by molar-refractivity contribution is 5.77. The first kappa shape index (κ1) is 6.16. The molecule has 0 unspecified atom stereocenters. The van der Waals surface area contributed by atoms with Crippen molar-refractivity contribution in [3.05, 3.63) is 0 Å². The standard InChI is InChI=1S/C7H12N2O/c10-7-3-4-8-9(7)5-6-1-2-6/h6,8H,1-5H2. The van der Waals surface area contributed by atoms with Crippen LogP contribution < -0.4 is 5.43 Å². The maximum Gasteiger partial charge on any atom is 0.238 e. The highest BCUT2D eigenvalue weighted by Gasteiger charge is 2.28. The van der Waals surface area contributed by atoms with Gasteiger partial charge in [-0.1, -0.05) is 0 Å². The minimum absolute atomic E-state index is 0.270. The molecule has 2 aliphatic rings. The van der Waals surface area contributed by atoms with Gasteiger partial charge in [0, 0.05) is 19.5 Å². The fourth-order valence-corrected chi connectivity index (χ4v) is 1.25. The van der Waals surface area contributed by atoms with E-state index in [9.17, 15) is 4.79 Å². The van der Waals surface area contributed by atoms with Crippen molar-refractivity contribution in [2.45, 2.75) is 19.3 Å². The van der Waals surface area contributed by atoms with Crippen molar-refractivity contribution in [1.82, 2.24) is 10.4 Å². The Morgan fingerprint density at radius 1 is 1.60 bits per heavy atom. The van der Waals surface area contributed by atoms with E-state index in [1.54, 1.807) is 5.01 Å². The molecule has 1 amide bonds. The van der Waals surface area contributed by atoms with Gasteiger partial charge in [0.05, 0.1) is 0 Å². The summed E-state index contributed by atoms with van der Waals surface area (Å²) in [6.07, 6.45) is 3.31. The lowest BCUT2D eigenvalue weighted by Gasteiger charge is -2.14. The van der Waals surface area contributed by atoms with E-state index in [1.165, 1.54) is 12.8 Å². The number of nitrogens with one attached hydrogen (secondary N) is 1.